The lowest BCUT2D eigenvalue weighted by Crippen LogP contribution is -2.40. The fraction of sp³-hybridized carbons (Fsp3) is 0.316. The van der Waals surface area contributed by atoms with Gasteiger partial charge >= 0.3 is 0 Å². The van der Waals surface area contributed by atoms with Gasteiger partial charge in [-0.15, -0.1) is 0 Å². The lowest BCUT2D eigenvalue weighted by Gasteiger charge is -2.26. The minimum absolute atomic E-state index is 0.138. The van der Waals surface area contributed by atoms with Gasteiger partial charge in [0.2, 0.25) is 10.0 Å². The van der Waals surface area contributed by atoms with Crippen molar-refractivity contribution in [2.75, 3.05) is 26.3 Å². The first kappa shape index (κ1) is 18.6. The fourth-order valence-corrected chi connectivity index (χ4v) is 4.23. The van der Waals surface area contributed by atoms with Crippen molar-refractivity contribution in [1.29, 1.82) is 0 Å². The van der Waals surface area contributed by atoms with Gasteiger partial charge in [0.1, 0.15) is 0 Å². The van der Waals surface area contributed by atoms with Gasteiger partial charge in [-0.1, -0.05) is 30.3 Å². The van der Waals surface area contributed by atoms with Crippen molar-refractivity contribution >= 4 is 15.9 Å². The molecule has 0 bridgehead atoms. The lowest BCUT2D eigenvalue weighted by molar-refractivity contribution is 0.0730. The smallest absolute Gasteiger partial charge is 0.251 e. The Hall–Kier alpha value is -2.22. The van der Waals surface area contributed by atoms with Crippen molar-refractivity contribution in [3.05, 3.63) is 65.7 Å². The molecule has 7 heteroatoms. The maximum Gasteiger partial charge on any atom is 0.251 e. The SMILES string of the molecule is C[C@@H](NC(=O)c1ccc(S(=O)(=O)N2CCOCC2)cc1)c1ccccc1. The van der Waals surface area contributed by atoms with Crippen LogP contribution in [0.3, 0.4) is 0 Å². The molecule has 1 N–H and O–H groups in total. The molecule has 0 radical (unpaired) electrons. The standard InChI is InChI=1S/C19H22N2O4S/c1-15(16-5-3-2-4-6-16)20-19(22)17-7-9-18(10-8-17)26(23,24)21-11-13-25-14-12-21/h2-10,15H,11-14H2,1H3,(H,20,22)/t15-/m1/s1. The predicted molar refractivity (Wildman–Crippen MR) is 98.3 cm³/mol. The second-order valence-electron chi connectivity index (χ2n) is 6.15. The molecule has 138 valence electrons. The predicted octanol–water partition coefficient (Wildman–Crippen LogP) is 2.20. The van der Waals surface area contributed by atoms with Crippen LogP contribution < -0.4 is 5.32 Å². The maximum absolute atomic E-state index is 12.6. The molecule has 1 aliphatic rings. The quantitative estimate of drug-likeness (QED) is 0.871. The molecule has 0 aliphatic carbocycles. The summed E-state index contributed by atoms with van der Waals surface area (Å²) in [7, 11) is -3.55. The zero-order chi connectivity index (χ0) is 18.6. The molecule has 26 heavy (non-hydrogen) atoms. The van der Waals surface area contributed by atoms with E-state index < -0.39 is 10.0 Å². The Morgan fingerprint density at radius 3 is 2.27 bits per heavy atom. The molecule has 0 saturated carbocycles. The van der Waals surface area contributed by atoms with Crippen LogP contribution in [0.1, 0.15) is 28.9 Å². The summed E-state index contributed by atoms with van der Waals surface area (Å²) in [5, 5.41) is 2.92. The van der Waals surface area contributed by atoms with Crippen molar-refractivity contribution in [2.45, 2.75) is 17.9 Å². The molecule has 0 spiro atoms. The van der Waals surface area contributed by atoms with Crippen LogP contribution >= 0.6 is 0 Å². The van der Waals surface area contributed by atoms with Crippen LogP contribution in [-0.2, 0) is 14.8 Å². The van der Waals surface area contributed by atoms with Crippen LogP contribution in [0.2, 0.25) is 0 Å². The van der Waals surface area contributed by atoms with E-state index in [4.69, 9.17) is 4.74 Å². The highest BCUT2D eigenvalue weighted by Crippen LogP contribution is 2.18. The average Bonchev–Trinajstić information content (AvgIpc) is 2.69. The molecule has 0 unspecified atom stereocenters. The molecule has 3 rings (SSSR count). The molecule has 1 fully saturated rings. The number of sulfonamides is 1. The topological polar surface area (TPSA) is 75.7 Å². The largest absolute Gasteiger partial charge is 0.379 e. The third-order valence-electron chi connectivity index (χ3n) is 4.37. The summed E-state index contributed by atoms with van der Waals surface area (Å²) in [4.78, 5) is 12.6. The molecule has 1 saturated heterocycles. The minimum Gasteiger partial charge on any atom is -0.379 e. The van der Waals surface area contributed by atoms with Crippen LogP contribution in [0.15, 0.2) is 59.5 Å². The van der Waals surface area contributed by atoms with E-state index in [1.807, 2.05) is 37.3 Å². The van der Waals surface area contributed by atoms with Gasteiger partial charge in [-0.25, -0.2) is 8.42 Å². The number of hydrogen-bond acceptors (Lipinski definition) is 4. The number of carbonyl (C=O) groups is 1. The number of nitrogens with one attached hydrogen (secondary N) is 1. The Bertz CT molecular complexity index is 845. The van der Waals surface area contributed by atoms with Gasteiger partial charge in [0.05, 0.1) is 24.2 Å². The van der Waals surface area contributed by atoms with Crippen LogP contribution in [-0.4, -0.2) is 44.9 Å². The van der Waals surface area contributed by atoms with E-state index in [0.717, 1.165) is 5.56 Å². The maximum atomic E-state index is 12.6. The van der Waals surface area contributed by atoms with Gasteiger partial charge in [0.15, 0.2) is 0 Å². The Morgan fingerprint density at radius 2 is 1.65 bits per heavy atom. The Kier molecular flexibility index (Phi) is 5.70. The van der Waals surface area contributed by atoms with Gasteiger partial charge in [-0.2, -0.15) is 4.31 Å². The molecule has 2 aromatic rings. The van der Waals surface area contributed by atoms with Crippen molar-refractivity contribution in [2.24, 2.45) is 0 Å². The monoisotopic (exact) mass is 374 g/mol. The number of amides is 1. The molecular weight excluding hydrogens is 352 g/mol. The number of nitrogens with zero attached hydrogens (tertiary/aromatic N) is 1. The van der Waals surface area contributed by atoms with E-state index in [1.54, 1.807) is 12.1 Å². The molecule has 1 aliphatic heterocycles. The first-order chi connectivity index (χ1) is 12.5. The molecule has 1 amide bonds. The highest BCUT2D eigenvalue weighted by Gasteiger charge is 2.26. The van der Waals surface area contributed by atoms with E-state index in [-0.39, 0.29) is 16.8 Å². The van der Waals surface area contributed by atoms with Crippen LogP contribution in [0.4, 0.5) is 0 Å². The number of rotatable bonds is 5. The third kappa shape index (κ3) is 4.12. The summed E-state index contributed by atoms with van der Waals surface area (Å²) in [5.74, 6) is -0.239. The highest BCUT2D eigenvalue weighted by atomic mass is 32.2. The molecule has 1 atom stereocenters. The normalized spacial score (nSPS) is 16.8. The number of ether oxygens (including phenoxy) is 1. The van der Waals surface area contributed by atoms with Crippen molar-refractivity contribution in [1.82, 2.24) is 9.62 Å². The number of morpholine rings is 1. The van der Waals surface area contributed by atoms with Gasteiger partial charge in [0, 0.05) is 18.7 Å². The summed E-state index contributed by atoms with van der Waals surface area (Å²) in [6, 6.07) is 15.6. The summed E-state index contributed by atoms with van der Waals surface area (Å²) < 4.78 is 31.8. The first-order valence-electron chi connectivity index (χ1n) is 8.52. The van der Waals surface area contributed by atoms with Crippen molar-refractivity contribution in [3.8, 4) is 0 Å². The summed E-state index contributed by atoms with van der Waals surface area (Å²) in [5.41, 5.74) is 1.43. The Morgan fingerprint density at radius 1 is 1.04 bits per heavy atom. The molecule has 0 aromatic heterocycles. The summed E-state index contributed by atoms with van der Waals surface area (Å²) >= 11 is 0. The van der Waals surface area contributed by atoms with Gasteiger partial charge in [-0.3, -0.25) is 4.79 Å². The second kappa shape index (κ2) is 7.99. The number of hydrogen-bond donors (Lipinski definition) is 1. The van der Waals surface area contributed by atoms with Crippen molar-refractivity contribution in [3.63, 3.8) is 0 Å². The Labute approximate surface area is 153 Å². The van der Waals surface area contributed by atoms with Gasteiger partial charge < -0.3 is 10.1 Å². The third-order valence-corrected chi connectivity index (χ3v) is 6.28. The molecule has 1 heterocycles. The zero-order valence-corrected chi connectivity index (χ0v) is 15.4. The lowest BCUT2D eigenvalue weighted by atomic mass is 10.1. The van der Waals surface area contributed by atoms with E-state index in [9.17, 15) is 13.2 Å². The zero-order valence-electron chi connectivity index (χ0n) is 14.6. The Balaban J connectivity index is 1.70. The minimum atomic E-state index is -3.55. The van der Waals surface area contributed by atoms with Gasteiger partial charge in [0.25, 0.3) is 5.91 Å². The molecule has 2 aromatic carbocycles. The second-order valence-corrected chi connectivity index (χ2v) is 8.08. The molecular formula is C19H22N2O4S. The summed E-state index contributed by atoms with van der Waals surface area (Å²) in [6.45, 7) is 3.40. The van der Waals surface area contributed by atoms with Crippen molar-refractivity contribution < 1.29 is 17.9 Å². The van der Waals surface area contributed by atoms with Crippen LogP contribution in [0, 0.1) is 0 Å². The first-order valence-corrected chi connectivity index (χ1v) is 9.96. The highest BCUT2D eigenvalue weighted by molar-refractivity contribution is 7.89. The van der Waals surface area contributed by atoms with E-state index >= 15 is 0 Å². The van der Waals surface area contributed by atoms with E-state index in [0.29, 0.717) is 31.9 Å². The molecule has 6 nitrogen and oxygen atoms in total. The van der Waals surface area contributed by atoms with E-state index in [2.05, 4.69) is 5.32 Å². The van der Waals surface area contributed by atoms with Gasteiger partial charge in [-0.05, 0) is 36.8 Å². The van der Waals surface area contributed by atoms with E-state index in [1.165, 1.54) is 16.4 Å². The van der Waals surface area contributed by atoms with Crippen LogP contribution in [0.5, 0.6) is 0 Å². The number of benzene rings is 2. The fourth-order valence-electron chi connectivity index (χ4n) is 2.82. The average molecular weight is 374 g/mol. The number of carbonyl (C=O) groups excluding carboxylic acids is 1. The summed E-state index contributed by atoms with van der Waals surface area (Å²) in [6.07, 6.45) is 0. The van der Waals surface area contributed by atoms with Crippen LogP contribution in [0.25, 0.3) is 0 Å².